The Morgan fingerprint density at radius 1 is 1.33 bits per heavy atom. The van der Waals surface area contributed by atoms with Crippen LogP contribution in [0, 0.1) is 0 Å². The number of hydrogen-bond acceptors (Lipinski definition) is 4. The molecule has 94 valence electrons. The normalized spacial score (nSPS) is 10.3. The minimum absolute atomic E-state index is 0.00870. The van der Waals surface area contributed by atoms with E-state index >= 15 is 0 Å². The van der Waals surface area contributed by atoms with Crippen molar-refractivity contribution in [1.29, 1.82) is 0 Å². The zero-order valence-corrected chi connectivity index (χ0v) is 11.1. The summed E-state index contributed by atoms with van der Waals surface area (Å²) in [6.45, 7) is 1.55. The lowest BCUT2D eigenvalue weighted by molar-refractivity contribution is 0.101. The van der Waals surface area contributed by atoms with Crippen LogP contribution in [0.5, 0.6) is 5.75 Å². The van der Waals surface area contributed by atoms with E-state index < -0.39 is 0 Å². The summed E-state index contributed by atoms with van der Waals surface area (Å²) in [5, 5.41) is 0. The van der Waals surface area contributed by atoms with Crippen molar-refractivity contribution >= 4 is 17.5 Å². The molecule has 0 saturated carbocycles. The molecule has 4 heteroatoms. The van der Waals surface area contributed by atoms with Gasteiger partial charge in [0.05, 0.1) is 24.7 Å². The smallest absolute Gasteiger partial charge is 0.164 e. The van der Waals surface area contributed by atoms with Crippen LogP contribution in [0.15, 0.2) is 45.9 Å². The monoisotopic (exact) mass is 262 g/mol. The summed E-state index contributed by atoms with van der Waals surface area (Å²) >= 11 is 1.57. The maximum Gasteiger partial charge on any atom is 0.164 e. The number of hydrogen-bond donors (Lipinski definition) is 0. The molecule has 0 aliphatic rings. The molecular formula is C14H14O3S. The fourth-order valence-corrected chi connectivity index (χ4v) is 2.72. The number of benzene rings is 1. The van der Waals surface area contributed by atoms with Crippen LogP contribution in [0.3, 0.4) is 0 Å². The largest absolute Gasteiger partial charge is 0.496 e. The number of carbonyl (C=O) groups excluding carboxylic acids is 1. The molecule has 0 amide bonds. The number of thioether (sulfide) groups is 1. The molecule has 1 heterocycles. The Kier molecular flexibility index (Phi) is 4.10. The zero-order valence-electron chi connectivity index (χ0n) is 10.3. The zero-order chi connectivity index (χ0) is 13.0. The molecule has 1 aromatic carbocycles. The topological polar surface area (TPSA) is 39.4 Å². The standard InChI is InChI=1S/C14H14O3S/c1-10(15)14-12(16-2)6-3-7-13(14)18-9-11-5-4-8-17-11/h3-8H,9H2,1-2H3. The van der Waals surface area contributed by atoms with E-state index in [4.69, 9.17) is 9.15 Å². The summed E-state index contributed by atoms with van der Waals surface area (Å²) in [5.41, 5.74) is 0.636. The van der Waals surface area contributed by atoms with Crippen LogP contribution >= 0.6 is 11.8 Å². The first kappa shape index (κ1) is 12.8. The Morgan fingerprint density at radius 2 is 2.17 bits per heavy atom. The number of carbonyl (C=O) groups is 1. The highest BCUT2D eigenvalue weighted by atomic mass is 32.2. The third-order valence-corrected chi connectivity index (χ3v) is 3.59. The van der Waals surface area contributed by atoms with Crippen molar-refractivity contribution in [3.63, 3.8) is 0 Å². The first-order chi connectivity index (χ1) is 8.72. The van der Waals surface area contributed by atoms with Crippen LogP contribution in [0.2, 0.25) is 0 Å². The van der Waals surface area contributed by atoms with Crippen molar-refractivity contribution < 1.29 is 13.9 Å². The van der Waals surface area contributed by atoms with Crippen LogP contribution in [-0.4, -0.2) is 12.9 Å². The van der Waals surface area contributed by atoms with Crippen molar-refractivity contribution in [3.05, 3.63) is 47.9 Å². The van der Waals surface area contributed by atoms with Gasteiger partial charge in [-0.05, 0) is 31.2 Å². The summed E-state index contributed by atoms with van der Waals surface area (Å²) in [6.07, 6.45) is 1.65. The SMILES string of the molecule is COc1cccc(SCc2ccco2)c1C(C)=O. The molecule has 2 aromatic rings. The van der Waals surface area contributed by atoms with Gasteiger partial charge in [-0.2, -0.15) is 0 Å². The average Bonchev–Trinajstić information content (AvgIpc) is 2.88. The van der Waals surface area contributed by atoms with Gasteiger partial charge in [0, 0.05) is 4.90 Å². The Morgan fingerprint density at radius 3 is 2.78 bits per heavy atom. The number of ketones is 1. The summed E-state index contributed by atoms with van der Waals surface area (Å²) < 4.78 is 10.5. The third kappa shape index (κ3) is 2.76. The van der Waals surface area contributed by atoms with E-state index in [-0.39, 0.29) is 5.78 Å². The summed E-state index contributed by atoms with van der Waals surface area (Å²) in [5.74, 6) is 2.21. The minimum Gasteiger partial charge on any atom is -0.496 e. The van der Waals surface area contributed by atoms with E-state index in [2.05, 4.69) is 0 Å². The molecular weight excluding hydrogens is 248 g/mol. The van der Waals surface area contributed by atoms with Crippen molar-refractivity contribution in [2.75, 3.05) is 7.11 Å². The van der Waals surface area contributed by atoms with Gasteiger partial charge in [0.25, 0.3) is 0 Å². The number of ether oxygens (including phenoxy) is 1. The van der Waals surface area contributed by atoms with Crippen LogP contribution in [0.1, 0.15) is 23.0 Å². The number of furan rings is 1. The highest BCUT2D eigenvalue weighted by Gasteiger charge is 2.14. The van der Waals surface area contributed by atoms with E-state index in [0.717, 1.165) is 10.7 Å². The second kappa shape index (κ2) is 5.78. The summed E-state index contributed by atoms with van der Waals surface area (Å²) in [4.78, 5) is 12.6. The maximum atomic E-state index is 11.7. The van der Waals surface area contributed by atoms with Gasteiger partial charge in [-0.3, -0.25) is 4.79 Å². The Balaban J connectivity index is 2.24. The highest BCUT2D eigenvalue weighted by Crippen LogP contribution is 2.32. The van der Waals surface area contributed by atoms with Gasteiger partial charge in [-0.15, -0.1) is 11.8 Å². The number of methoxy groups -OCH3 is 1. The molecule has 0 atom stereocenters. The average molecular weight is 262 g/mol. The molecule has 18 heavy (non-hydrogen) atoms. The first-order valence-corrected chi connectivity index (χ1v) is 6.54. The number of Topliss-reactive ketones (excluding diaryl/α,β-unsaturated/α-hetero) is 1. The quantitative estimate of drug-likeness (QED) is 0.607. The second-order valence-electron chi connectivity index (χ2n) is 3.76. The van der Waals surface area contributed by atoms with E-state index in [1.807, 2.05) is 24.3 Å². The van der Waals surface area contributed by atoms with Crippen molar-refractivity contribution in [3.8, 4) is 5.75 Å². The Bertz CT molecular complexity index is 532. The van der Waals surface area contributed by atoms with Crippen LogP contribution in [-0.2, 0) is 5.75 Å². The van der Waals surface area contributed by atoms with Crippen molar-refractivity contribution in [2.24, 2.45) is 0 Å². The van der Waals surface area contributed by atoms with Gasteiger partial charge in [0.15, 0.2) is 5.78 Å². The summed E-state index contributed by atoms with van der Waals surface area (Å²) in [7, 11) is 1.57. The highest BCUT2D eigenvalue weighted by molar-refractivity contribution is 7.98. The molecule has 0 aliphatic heterocycles. The fourth-order valence-electron chi connectivity index (χ4n) is 1.69. The van der Waals surface area contributed by atoms with Crippen LogP contribution in [0.4, 0.5) is 0 Å². The molecule has 0 fully saturated rings. The van der Waals surface area contributed by atoms with Gasteiger partial charge in [0.1, 0.15) is 11.5 Å². The molecule has 1 aromatic heterocycles. The lowest BCUT2D eigenvalue weighted by Gasteiger charge is -2.10. The van der Waals surface area contributed by atoms with E-state index in [1.54, 1.807) is 38.1 Å². The Labute approximate surface area is 110 Å². The Hall–Kier alpha value is -1.68. The van der Waals surface area contributed by atoms with Gasteiger partial charge in [-0.25, -0.2) is 0 Å². The second-order valence-corrected chi connectivity index (χ2v) is 4.77. The fraction of sp³-hybridized carbons (Fsp3) is 0.214. The molecule has 0 N–H and O–H groups in total. The molecule has 0 bridgehead atoms. The van der Waals surface area contributed by atoms with E-state index in [0.29, 0.717) is 17.1 Å². The van der Waals surface area contributed by atoms with Crippen LogP contribution in [0.25, 0.3) is 0 Å². The molecule has 0 saturated heterocycles. The first-order valence-electron chi connectivity index (χ1n) is 5.55. The molecule has 3 nitrogen and oxygen atoms in total. The van der Waals surface area contributed by atoms with Gasteiger partial charge >= 0.3 is 0 Å². The summed E-state index contributed by atoms with van der Waals surface area (Å²) in [6, 6.07) is 9.38. The van der Waals surface area contributed by atoms with Crippen LogP contribution < -0.4 is 4.74 Å². The third-order valence-electron chi connectivity index (χ3n) is 2.51. The molecule has 0 aliphatic carbocycles. The molecule has 0 unspecified atom stereocenters. The molecule has 0 radical (unpaired) electrons. The van der Waals surface area contributed by atoms with Crippen molar-refractivity contribution in [1.82, 2.24) is 0 Å². The van der Waals surface area contributed by atoms with E-state index in [9.17, 15) is 4.79 Å². The number of rotatable bonds is 5. The maximum absolute atomic E-state index is 11.7. The van der Waals surface area contributed by atoms with Gasteiger partial charge in [0.2, 0.25) is 0 Å². The minimum atomic E-state index is 0.00870. The predicted molar refractivity (Wildman–Crippen MR) is 71.3 cm³/mol. The van der Waals surface area contributed by atoms with Gasteiger partial charge < -0.3 is 9.15 Å². The lowest BCUT2D eigenvalue weighted by Crippen LogP contribution is -1.99. The van der Waals surface area contributed by atoms with Crippen molar-refractivity contribution in [2.45, 2.75) is 17.6 Å². The lowest BCUT2D eigenvalue weighted by atomic mass is 10.1. The van der Waals surface area contributed by atoms with E-state index in [1.165, 1.54) is 0 Å². The molecule has 0 spiro atoms. The molecule has 2 rings (SSSR count). The van der Waals surface area contributed by atoms with Gasteiger partial charge in [-0.1, -0.05) is 6.07 Å². The predicted octanol–water partition coefficient (Wildman–Crippen LogP) is 3.78.